The van der Waals surface area contributed by atoms with Crippen molar-refractivity contribution < 1.29 is 18.0 Å². The van der Waals surface area contributed by atoms with Crippen LogP contribution in [0.25, 0.3) is 0 Å². The molecule has 0 N–H and O–H groups in total. The molecule has 1 atom stereocenters. The van der Waals surface area contributed by atoms with Crippen molar-refractivity contribution in [2.75, 3.05) is 6.54 Å². The number of carbonyl (C=O) groups excluding carboxylic acids is 2. The number of sulfone groups is 1. The van der Waals surface area contributed by atoms with Gasteiger partial charge < -0.3 is 0 Å². The molecule has 2 aromatic carbocycles. The van der Waals surface area contributed by atoms with Crippen LogP contribution in [-0.4, -0.2) is 36.9 Å². The molecule has 5 nitrogen and oxygen atoms in total. The highest BCUT2D eigenvalue weighted by molar-refractivity contribution is 7.92. The van der Waals surface area contributed by atoms with Gasteiger partial charge in [0.05, 0.1) is 4.90 Å². The summed E-state index contributed by atoms with van der Waals surface area (Å²) in [6.07, 6.45) is 1.40. The van der Waals surface area contributed by atoms with Gasteiger partial charge in [-0.05, 0) is 54.5 Å². The number of carbonyl (C=O) groups is 2. The summed E-state index contributed by atoms with van der Waals surface area (Å²) in [6.45, 7) is 6.49. The Balaban J connectivity index is 1.89. The van der Waals surface area contributed by atoms with Gasteiger partial charge in [0.2, 0.25) is 5.91 Å². The predicted octanol–water partition coefficient (Wildman–Crippen LogP) is 3.98. The van der Waals surface area contributed by atoms with Gasteiger partial charge in [0.1, 0.15) is 5.25 Å². The first-order valence-electron chi connectivity index (χ1n) is 9.87. The summed E-state index contributed by atoms with van der Waals surface area (Å²) >= 11 is 0. The lowest BCUT2D eigenvalue weighted by Crippen LogP contribution is -2.45. The van der Waals surface area contributed by atoms with E-state index < -0.39 is 26.9 Å². The van der Waals surface area contributed by atoms with Crippen molar-refractivity contribution >= 4 is 21.7 Å². The first kappa shape index (κ1) is 21.2. The van der Waals surface area contributed by atoms with Crippen molar-refractivity contribution in [1.29, 1.82) is 0 Å². The molecule has 1 heterocycles. The molecule has 154 valence electrons. The summed E-state index contributed by atoms with van der Waals surface area (Å²) in [5.41, 5.74) is 1.43. The molecule has 1 saturated heterocycles. The number of likely N-dealkylation sites (tertiary alicyclic amines) is 1. The van der Waals surface area contributed by atoms with E-state index in [2.05, 4.69) is 20.8 Å². The molecular formula is C23H27NO4S. The van der Waals surface area contributed by atoms with Gasteiger partial charge in [-0.1, -0.05) is 51.1 Å². The van der Waals surface area contributed by atoms with Crippen molar-refractivity contribution in [3.63, 3.8) is 0 Å². The molecule has 0 aliphatic carbocycles. The summed E-state index contributed by atoms with van der Waals surface area (Å²) in [6, 6.07) is 15.2. The topological polar surface area (TPSA) is 71.5 Å². The van der Waals surface area contributed by atoms with Crippen LogP contribution in [0.2, 0.25) is 0 Å². The highest BCUT2D eigenvalue weighted by Gasteiger charge is 2.40. The van der Waals surface area contributed by atoms with E-state index in [1.807, 2.05) is 12.1 Å². The number of hydrogen-bond donors (Lipinski definition) is 0. The monoisotopic (exact) mass is 413 g/mol. The number of hydrogen-bond acceptors (Lipinski definition) is 4. The number of imide groups is 1. The van der Waals surface area contributed by atoms with Crippen LogP contribution in [0.1, 0.15) is 56.0 Å². The molecule has 2 aromatic rings. The molecule has 0 unspecified atom stereocenters. The van der Waals surface area contributed by atoms with Crippen molar-refractivity contribution in [3.05, 3.63) is 65.7 Å². The van der Waals surface area contributed by atoms with Crippen molar-refractivity contribution in [2.45, 2.75) is 55.6 Å². The Morgan fingerprint density at radius 2 is 1.59 bits per heavy atom. The molecule has 0 bridgehead atoms. The normalized spacial score (nSPS) is 18.4. The zero-order valence-electron chi connectivity index (χ0n) is 17.1. The summed E-state index contributed by atoms with van der Waals surface area (Å²) in [5.74, 6) is -1.07. The quantitative estimate of drug-likeness (QED) is 0.714. The van der Waals surface area contributed by atoms with Crippen LogP contribution in [0.5, 0.6) is 0 Å². The van der Waals surface area contributed by atoms with Crippen LogP contribution in [-0.2, 0) is 20.0 Å². The van der Waals surface area contributed by atoms with Gasteiger partial charge in [0, 0.05) is 12.1 Å². The minimum Gasteiger partial charge on any atom is -0.277 e. The molecule has 29 heavy (non-hydrogen) atoms. The largest absolute Gasteiger partial charge is 0.277 e. The van der Waals surface area contributed by atoms with Gasteiger partial charge in [-0.3, -0.25) is 14.5 Å². The fourth-order valence-electron chi connectivity index (χ4n) is 3.54. The van der Waals surface area contributed by atoms with Gasteiger partial charge in [-0.25, -0.2) is 8.42 Å². The van der Waals surface area contributed by atoms with Gasteiger partial charge >= 0.3 is 0 Å². The summed E-state index contributed by atoms with van der Waals surface area (Å²) in [7, 11) is -3.85. The van der Waals surface area contributed by atoms with E-state index in [1.54, 1.807) is 30.3 Å². The average molecular weight is 414 g/mol. The van der Waals surface area contributed by atoms with E-state index >= 15 is 0 Å². The van der Waals surface area contributed by atoms with Gasteiger partial charge in [-0.15, -0.1) is 0 Å². The Morgan fingerprint density at radius 3 is 2.17 bits per heavy atom. The second-order valence-corrected chi connectivity index (χ2v) is 10.6. The van der Waals surface area contributed by atoms with E-state index in [9.17, 15) is 18.0 Å². The minimum absolute atomic E-state index is 0.0468. The molecule has 3 rings (SSSR count). The zero-order chi connectivity index (χ0) is 21.2. The fraction of sp³-hybridized carbons (Fsp3) is 0.391. The Labute approximate surface area is 172 Å². The molecule has 0 radical (unpaired) electrons. The molecule has 2 amide bonds. The van der Waals surface area contributed by atoms with Crippen LogP contribution in [0.15, 0.2) is 59.5 Å². The molecule has 1 fully saturated rings. The molecule has 1 aliphatic heterocycles. The van der Waals surface area contributed by atoms with Crippen molar-refractivity contribution in [1.82, 2.24) is 4.90 Å². The number of benzene rings is 2. The molecule has 0 spiro atoms. The van der Waals surface area contributed by atoms with E-state index in [1.165, 1.54) is 12.1 Å². The smallest absolute Gasteiger partial charge is 0.260 e. The third-order valence-corrected chi connectivity index (χ3v) is 7.44. The van der Waals surface area contributed by atoms with Crippen LogP contribution in [0.4, 0.5) is 0 Å². The maximum atomic E-state index is 13.1. The van der Waals surface area contributed by atoms with Crippen LogP contribution < -0.4 is 0 Å². The SMILES string of the molecule is CC(C)(C)c1ccc(C(=O)N2CCCC[C@@H](S(=O)(=O)c3ccccc3)C2=O)cc1. The molecule has 1 aliphatic rings. The zero-order valence-corrected chi connectivity index (χ0v) is 17.9. The average Bonchev–Trinajstić information content (AvgIpc) is 2.89. The van der Waals surface area contributed by atoms with E-state index in [-0.39, 0.29) is 23.3 Å². The second-order valence-electron chi connectivity index (χ2n) is 8.46. The Bertz CT molecular complexity index is 989. The summed E-state index contributed by atoms with van der Waals surface area (Å²) in [5, 5.41) is -1.23. The lowest BCUT2D eigenvalue weighted by molar-refractivity contribution is -0.127. The van der Waals surface area contributed by atoms with Crippen LogP contribution >= 0.6 is 0 Å². The fourth-order valence-corrected chi connectivity index (χ4v) is 5.27. The maximum absolute atomic E-state index is 13.1. The van der Waals surface area contributed by atoms with Gasteiger partial charge in [0.15, 0.2) is 9.84 Å². The van der Waals surface area contributed by atoms with E-state index in [4.69, 9.17) is 0 Å². The van der Waals surface area contributed by atoms with Gasteiger partial charge in [-0.2, -0.15) is 0 Å². The number of rotatable bonds is 3. The van der Waals surface area contributed by atoms with E-state index in [0.717, 1.165) is 10.5 Å². The standard InChI is InChI=1S/C23H27NO4S/c1-23(2,3)18-14-12-17(13-15-18)21(25)24-16-8-7-11-20(22(24)26)29(27,28)19-9-5-4-6-10-19/h4-6,9-10,12-15,20H,7-8,11,16H2,1-3H3/t20-/m1/s1. The van der Waals surface area contributed by atoms with Crippen molar-refractivity contribution in [3.8, 4) is 0 Å². The van der Waals surface area contributed by atoms with Crippen molar-refractivity contribution in [2.24, 2.45) is 0 Å². The Hall–Kier alpha value is -2.47. The lowest BCUT2D eigenvalue weighted by Gasteiger charge is -2.24. The molecular weight excluding hydrogens is 386 g/mol. The molecule has 0 saturated carbocycles. The second kappa shape index (κ2) is 8.11. The van der Waals surface area contributed by atoms with E-state index in [0.29, 0.717) is 18.4 Å². The maximum Gasteiger partial charge on any atom is 0.260 e. The predicted molar refractivity (Wildman–Crippen MR) is 112 cm³/mol. The number of amides is 2. The first-order valence-corrected chi connectivity index (χ1v) is 11.4. The Morgan fingerprint density at radius 1 is 0.966 bits per heavy atom. The van der Waals surface area contributed by atoms with Gasteiger partial charge in [0.25, 0.3) is 5.91 Å². The third-order valence-electron chi connectivity index (χ3n) is 5.33. The highest BCUT2D eigenvalue weighted by Crippen LogP contribution is 2.26. The summed E-state index contributed by atoms with van der Waals surface area (Å²) in [4.78, 5) is 27.4. The summed E-state index contributed by atoms with van der Waals surface area (Å²) < 4.78 is 26.1. The lowest BCUT2D eigenvalue weighted by atomic mass is 9.86. The minimum atomic E-state index is -3.85. The highest BCUT2D eigenvalue weighted by atomic mass is 32.2. The third kappa shape index (κ3) is 4.42. The first-order chi connectivity index (χ1) is 13.6. The molecule has 6 heteroatoms. The Kier molecular flexibility index (Phi) is 5.94. The molecule has 0 aromatic heterocycles. The van der Waals surface area contributed by atoms with Crippen LogP contribution in [0, 0.1) is 0 Å². The van der Waals surface area contributed by atoms with Crippen LogP contribution in [0.3, 0.4) is 0 Å². The number of nitrogens with zero attached hydrogens (tertiary/aromatic N) is 1.